The highest BCUT2D eigenvalue weighted by Gasteiger charge is 2.35. The molecule has 2 aromatic rings. The molecule has 1 aliphatic rings. The average Bonchev–Trinajstić information content (AvgIpc) is 2.52. The fraction of sp³-hybridized carbons (Fsp3) is 0.294. The number of anilines is 2. The first-order chi connectivity index (χ1) is 12.9. The van der Waals surface area contributed by atoms with Gasteiger partial charge < -0.3 is 15.4 Å². The minimum Gasteiger partial charge on any atom is -0.406 e. The van der Waals surface area contributed by atoms with Crippen LogP contribution in [-0.2, 0) is 9.84 Å². The number of hydrogen-bond acceptors (Lipinski definition) is 7. The van der Waals surface area contributed by atoms with Crippen molar-refractivity contribution in [2.75, 3.05) is 30.0 Å². The number of nitrogen functional groups attached to an aromatic ring is 1. The SMILES string of the molecule is CS(=O)(=O)C1CN(c2cc(C(=N)c3cc(OC(F)(F)F)ccc3N)ccn2)C1. The van der Waals surface area contributed by atoms with Gasteiger partial charge in [-0.2, -0.15) is 0 Å². The third-order valence-electron chi connectivity index (χ3n) is 4.34. The number of rotatable bonds is 5. The van der Waals surface area contributed by atoms with Crippen LogP contribution in [0.2, 0.25) is 0 Å². The van der Waals surface area contributed by atoms with Crippen LogP contribution in [0.3, 0.4) is 0 Å². The van der Waals surface area contributed by atoms with E-state index in [1.54, 1.807) is 11.0 Å². The van der Waals surface area contributed by atoms with Crippen molar-refractivity contribution in [2.24, 2.45) is 0 Å². The zero-order chi connectivity index (χ0) is 20.7. The number of hydrogen-bond donors (Lipinski definition) is 2. The van der Waals surface area contributed by atoms with Gasteiger partial charge in [-0.3, -0.25) is 5.41 Å². The van der Waals surface area contributed by atoms with E-state index in [1.807, 2.05) is 0 Å². The number of alkyl halides is 3. The standard InChI is InChI=1S/C17H17F3N4O3S/c1-28(25,26)12-8-24(9-12)15-6-10(4-5-23-15)16(22)13-7-11(2-3-14(13)21)27-17(18,19)20/h2-7,12,22H,8-9,21H2,1H3. The molecule has 0 unspecified atom stereocenters. The summed E-state index contributed by atoms with van der Waals surface area (Å²) < 4.78 is 64.3. The Kier molecular flexibility index (Phi) is 4.96. The number of nitrogens with two attached hydrogens (primary N) is 1. The molecule has 3 rings (SSSR count). The molecule has 0 amide bonds. The van der Waals surface area contributed by atoms with Crippen LogP contribution in [0.1, 0.15) is 11.1 Å². The zero-order valence-corrected chi connectivity index (χ0v) is 15.5. The van der Waals surface area contributed by atoms with Gasteiger partial charge in [-0.05, 0) is 30.3 Å². The molecule has 2 heterocycles. The van der Waals surface area contributed by atoms with Gasteiger partial charge in [-0.15, -0.1) is 13.2 Å². The van der Waals surface area contributed by atoms with Crippen LogP contribution in [-0.4, -0.2) is 50.1 Å². The fourth-order valence-electron chi connectivity index (χ4n) is 2.75. The number of nitrogens with one attached hydrogen (secondary N) is 1. The topological polar surface area (TPSA) is 109 Å². The number of sulfone groups is 1. The van der Waals surface area contributed by atoms with E-state index in [-0.39, 0.29) is 17.0 Å². The van der Waals surface area contributed by atoms with Crippen molar-refractivity contribution in [1.29, 1.82) is 5.41 Å². The van der Waals surface area contributed by atoms with E-state index in [9.17, 15) is 21.6 Å². The van der Waals surface area contributed by atoms with Crippen LogP contribution in [0.5, 0.6) is 5.75 Å². The number of nitrogens with zero attached hydrogens (tertiary/aromatic N) is 2. The highest BCUT2D eigenvalue weighted by molar-refractivity contribution is 7.91. The molecule has 0 saturated carbocycles. The lowest BCUT2D eigenvalue weighted by Gasteiger charge is -2.38. The second-order valence-electron chi connectivity index (χ2n) is 6.43. The van der Waals surface area contributed by atoms with Crippen LogP contribution in [0.15, 0.2) is 36.5 Å². The fourth-order valence-corrected chi connectivity index (χ4v) is 3.65. The first-order valence-corrected chi connectivity index (χ1v) is 10.0. The van der Waals surface area contributed by atoms with E-state index in [4.69, 9.17) is 11.1 Å². The molecule has 0 aliphatic carbocycles. The molecule has 0 bridgehead atoms. The maximum Gasteiger partial charge on any atom is 0.573 e. The van der Waals surface area contributed by atoms with Gasteiger partial charge in [-0.25, -0.2) is 13.4 Å². The maximum atomic E-state index is 12.4. The summed E-state index contributed by atoms with van der Waals surface area (Å²) >= 11 is 0. The minimum absolute atomic E-state index is 0.0801. The van der Waals surface area contributed by atoms with Gasteiger partial charge in [0, 0.05) is 42.4 Å². The van der Waals surface area contributed by atoms with Crippen LogP contribution in [0, 0.1) is 5.41 Å². The molecule has 7 nitrogen and oxygen atoms in total. The minimum atomic E-state index is -4.85. The molecule has 28 heavy (non-hydrogen) atoms. The highest BCUT2D eigenvalue weighted by atomic mass is 32.2. The Labute approximate surface area is 159 Å². The van der Waals surface area contributed by atoms with Crippen molar-refractivity contribution < 1.29 is 26.3 Å². The van der Waals surface area contributed by atoms with Gasteiger partial charge in [0.25, 0.3) is 0 Å². The smallest absolute Gasteiger partial charge is 0.406 e. The van der Waals surface area contributed by atoms with Crippen molar-refractivity contribution in [3.8, 4) is 5.75 Å². The molecule has 0 spiro atoms. The van der Waals surface area contributed by atoms with Crippen LogP contribution in [0.25, 0.3) is 0 Å². The Morgan fingerprint density at radius 2 is 1.96 bits per heavy atom. The van der Waals surface area contributed by atoms with E-state index >= 15 is 0 Å². The first kappa shape index (κ1) is 19.9. The molecule has 1 aliphatic heterocycles. The lowest BCUT2D eigenvalue weighted by atomic mass is 10.0. The lowest BCUT2D eigenvalue weighted by Crippen LogP contribution is -2.54. The molecule has 0 radical (unpaired) electrons. The summed E-state index contributed by atoms with van der Waals surface area (Å²) in [4.78, 5) is 5.92. The van der Waals surface area contributed by atoms with E-state index in [0.29, 0.717) is 24.5 Å². The molecule has 150 valence electrons. The molecule has 1 saturated heterocycles. The molecule has 0 atom stereocenters. The Bertz CT molecular complexity index is 1020. The van der Waals surface area contributed by atoms with E-state index < -0.39 is 27.2 Å². The molecular weight excluding hydrogens is 397 g/mol. The molecule has 1 aromatic heterocycles. The van der Waals surface area contributed by atoms with Crippen LogP contribution in [0.4, 0.5) is 24.7 Å². The quantitative estimate of drug-likeness (QED) is 0.574. The summed E-state index contributed by atoms with van der Waals surface area (Å²) in [6, 6.07) is 6.45. The predicted molar refractivity (Wildman–Crippen MR) is 98.5 cm³/mol. The predicted octanol–water partition coefficient (Wildman–Crippen LogP) is 2.21. The molecule has 1 aromatic carbocycles. The Morgan fingerprint density at radius 3 is 2.57 bits per heavy atom. The maximum absolute atomic E-state index is 12.4. The third kappa shape index (κ3) is 4.35. The Balaban J connectivity index is 1.83. The second-order valence-corrected chi connectivity index (χ2v) is 8.76. The Morgan fingerprint density at radius 1 is 1.29 bits per heavy atom. The van der Waals surface area contributed by atoms with E-state index in [1.165, 1.54) is 24.6 Å². The molecule has 1 fully saturated rings. The monoisotopic (exact) mass is 414 g/mol. The molecule has 11 heteroatoms. The number of pyridine rings is 1. The van der Waals surface area contributed by atoms with E-state index in [0.717, 1.165) is 12.1 Å². The van der Waals surface area contributed by atoms with Crippen molar-refractivity contribution in [3.05, 3.63) is 47.7 Å². The number of ether oxygens (including phenoxy) is 1. The largest absolute Gasteiger partial charge is 0.573 e. The van der Waals surface area contributed by atoms with Crippen molar-refractivity contribution in [2.45, 2.75) is 11.6 Å². The summed E-state index contributed by atoms with van der Waals surface area (Å²) in [6.07, 6.45) is -2.24. The van der Waals surface area contributed by atoms with Gasteiger partial charge in [0.2, 0.25) is 0 Å². The van der Waals surface area contributed by atoms with Crippen LogP contribution >= 0.6 is 0 Å². The van der Waals surface area contributed by atoms with Gasteiger partial charge >= 0.3 is 6.36 Å². The molecule has 3 N–H and O–H groups in total. The van der Waals surface area contributed by atoms with Gasteiger partial charge in [-0.1, -0.05) is 0 Å². The van der Waals surface area contributed by atoms with Crippen molar-refractivity contribution in [1.82, 2.24) is 4.98 Å². The normalized spacial score (nSPS) is 15.2. The number of benzene rings is 1. The Hall–Kier alpha value is -2.82. The number of aromatic nitrogens is 1. The lowest BCUT2D eigenvalue weighted by molar-refractivity contribution is -0.274. The highest BCUT2D eigenvalue weighted by Crippen LogP contribution is 2.29. The number of halogens is 3. The summed E-state index contributed by atoms with van der Waals surface area (Å²) in [5.41, 5.74) is 6.30. The van der Waals surface area contributed by atoms with Gasteiger partial charge in [0.1, 0.15) is 11.6 Å². The molecular formula is C17H17F3N4O3S. The summed E-state index contributed by atoms with van der Waals surface area (Å²) in [6.45, 7) is 0.583. The summed E-state index contributed by atoms with van der Waals surface area (Å²) in [7, 11) is -3.14. The zero-order valence-electron chi connectivity index (χ0n) is 14.7. The van der Waals surface area contributed by atoms with Crippen molar-refractivity contribution >= 4 is 27.1 Å². The first-order valence-electron chi connectivity index (χ1n) is 8.08. The van der Waals surface area contributed by atoms with Gasteiger partial charge in [0.15, 0.2) is 9.84 Å². The summed E-state index contributed by atoms with van der Waals surface area (Å²) in [5.74, 6) is -0.00196. The van der Waals surface area contributed by atoms with Crippen molar-refractivity contribution in [3.63, 3.8) is 0 Å². The average molecular weight is 414 g/mol. The van der Waals surface area contributed by atoms with E-state index in [2.05, 4.69) is 9.72 Å². The summed E-state index contributed by atoms with van der Waals surface area (Å²) in [5, 5.41) is 7.86. The third-order valence-corrected chi connectivity index (χ3v) is 5.85. The second kappa shape index (κ2) is 6.97. The van der Waals surface area contributed by atoms with Crippen LogP contribution < -0.4 is 15.4 Å². The van der Waals surface area contributed by atoms with Gasteiger partial charge in [0.05, 0.1) is 11.0 Å².